The molecule has 0 amide bonds. The summed E-state index contributed by atoms with van der Waals surface area (Å²) in [7, 11) is 0. The maximum Gasteiger partial charge on any atom is 0.328 e. The van der Waals surface area contributed by atoms with Gasteiger partial charge >= 0.3 is 11.9 Å². The molecule has 148 valence electrons. The predicted molar refractivity (Wildman–Crippen MR) is 108 cm³/mol. The maximum atomic E-state index is 9.55. The van der Waals surface area contributed by atoms with Gasteiger partial charge in [0.15, 0.2) is 0 Å². The van der Waals surface area contributed by atoms with E-state index in [0.29, 0.717) is 12.2 Å². The van der Waals surface area contributed by atoms with E-state index in [1.54, 1.807) is 12.7 Å². The topological polar surface area (TPSA) is 130 Å². The van der Waals surface area contributed by atoms with Crippen LogP contribution in [0.25, 0.3) is 10.8 Å². The molecule has 2 heterocycles. The first kappa shape index (κ1) is 19.7. The summed E-state index contributed by atoms with van der Waals surface area (Å²) in [4.78, 5) is 27.7. The van der Waals surface area contributed by atoms with E-state index in [-0.39, 0.29) is 0 Å². The van der Waals surface area contributed by atoms with Crippen molar-refractivity contribution in [2.24, 2.45) is 4.99 Å². The van der Waals surface area contributed by atoms with Gasteiger partial charge in [-0.15, -0.1) is 0 Å². The van der Waals surface area contributed by atoms with E-state index in [2.05, 4.69) is 51.8 Å². The van der Waals surface area contributed by atoms with Crippen LogP contribution in [0.1, 0.15) is 12.0 Å². The molecule has 0 saturated heterocycles. The zero-order valence-corrected chi connectivity index (χ0v) is 15.4. The number of amidine groups is 1. The summed E-state index contributed by atoms with van der Waals surface area (Å²) in [5.41, 5.74) is 2.35. The van der Waals surface area contributed by atoms with E-state index in [9.17, 15) is 9.59 Å². The molecule has 0 aliphatic carbocycles. The van der Waals surface area contributed by atoms with Gasteiger partial charge in [0.25, 0.3) is 0 Å². The van der Waals surface area contributed by atoms with Gasteiger partial charge in [0.1, 0.15) is 18.5 Å². The lowest BCUT2D eigenvalue weighted by atomic mass is 10.1. The molecule has 9 heteroatoms. The van der Waals surface area contributed by atoms with Gasteiger partial charge in [-0.3, -0.25) is 9.67 Å². The van der Waals surface area contributed by atoms with Crippen molar-refractivity contribution in [3.63, 3.8) is 0 Å². The number of nitrogens with zero attached hydrogens (tertiary/aromatic N) is 4. The number of anilines is 1. The van der Waals surface area contributed by atoms with E-state index >= 15 is 0 Å². The molecule has 0 radical (unpaired) electrons. The van der Waals surface area contributed by atoms with Gasteiger partial charge in [0.05, 0.1) is 0 Å². The molecular weight excluding hydrogens is 374 g/mol. The van der Waals surface area contributed by atoms with Crippen LogP contribution in [0.5, 0.6) is 0 Å². The number of hydrogen-bond acceptors (Lipinski definition) is 5. The van der Waals surface area contributed by atoms with Gasteiger partial charge in [-0.25, -0.2) is 14.6 Å². The van der Waals surface area contributed by atoms with E-state index in [1.807, 2.05) is 4.68 Å². The second kappa shape index (κ2) is 9.27. The first-order chi connectivity index (χ1) is 14.0. The lowest BCUT2D eigenvalue weighted by molar-refractivity contribution is -0.134. The fourth-order valence-electron chi connectivity index (χ4n) is 2.88. The molecule has 0 spiro atoms. The van der Waals surface area contributed by atoms with Gasteiger partial charge in [0, 0.05) is 41.9 Å². The second-order valence-corrected chi connectivity index (χ2v) is 6.09. The maximum absolute atomic E-state index is 9.55. The number of rotatable bonds is 6. The largest absolute Gasteiger partial charge is 0.478 e. The molecule has 0 atom stereocenters. The van der Waals surface area contributed by atoms with Gasteiger partial charge in [-0.2, -0.15) is 5.10 Å². The van der Waals surface area contributed by atoms with Crippen LogP contribution in [0.15, 0.2) is 66.2 Å². The third-order valence-corrected chi connectivity index (χ3v) is 4.06. The van der Waals surface area contributed by atoms with E-state index in [4.69, 9.17) is 15.2 Å². The average molecular weight is 393 g/mol. The van der Waals surface area contributed by atoms with Gasteiger partial charge in [-0.05, 0) is 17.9 Å². The minimum absolute atomic E-state index is 0.558. The number of aliphatic imine (C=N–C) groups is 1. The fourth-order valence-corrected chi connectivity index (χ4v) is 2.88. The zero-order chi connectivity index (χ0) is 20.6. The number of carboxylic acid groups (broad SMARTS) is 2. The first-order valence-corrected chi connectivity index (χ1v) is 8.84. The van der Waals surface area contributed by atoms with Crippen molar-refractivity contribution in [1.29, 1.82) is 0 Å². The van der Waals surface area contributed by atoms with Crippen molar-refractivity contribution in [3.8, 4) is 0 Å². The summed E-state index contributed by atoms with van der Waals surface area (Å²) >= 11 is 0. The van der Waals surface area contributed by atoms with Crippen molar-refractivity contribution in [2.75, 3.05) is 11.9 Å². The number of aromatic nitrogens is 3. The molecule has 0 fully saturated rings. The Kier molecular flexibility index (Phi) is 6.31. The molecule has 2 aromatic carbocycles. The molecule has 0 unspecified atom stereocenters. The molecule has 4 rings (SSSR count). The molecule has 3 N–H and O–H groups in total. The molecule has 0 bridgehead atoms. The number of hydrogen-bond donors (Lipinski definition) is 3. The van der Waals surface area contributed by atoms with Crippen LogP contribution in [0.3, 0.4) is 0 Å². The highest BCUT2D eigenvalue weighted by molar-refractivity contribution is 6.25. The van der Waals surface area contributed by atoms with Crippen molar-refractivity contribution < 1.29 is 19.8 Å². The Bertz CT molecular complexity index is 1050. The molecule has 0 saturated carbocycles. The van der Waals surface area contributed by atoms with Crippen molar-refractivity contribution in [2.45, 2.75) is 13.0 Å². The van der Waals surface area contributed by atoms with Crippen LogP contribution in [0.4, 0.5) is 5.69 Å². The van der Waals surface area contributed by atoms with Gasteiger partial charge in [0.2, 0.25) is 0 Å². The minimum atomic E-state index is -1.26. The third-order valence-electron chi connectivity index (χ3n) is 4.06. The summed E-state index contributed by atoms with van der Waals surface area (Å²) in [6.45, 7) is 1.61. The normalized spacial score (nSPS) is 13.3. The Morgan fingerprint density at radius 1 is 1.10 bits per heavy atom. The molecule has 1 aliphatic rings. The highest BCUT2D eigenvalue weighted by Crippen LogP contribution is 2.32. The van der Waals surface area contributed by atoms with Gasteiger partial charge < -0.3 is 15.5 Å². The summed E-state index contributed by atoms with van der Waals surface area (Å²) < 4.78 is 1.83. The quantitative estimate of drug-likeness (QED) is 0.433. The lowest BCUT2D eigenvalue weighted by Crippen LogP contribution is -2.09. The fraction of sp³-hybridized carbons (Fsp3) is 0.150. The monoisotopic (exact) mass is 393 g/mol. The number of aryl methyl sites for hydroxylation is 1. The zero-order valence-electron chi connectivity index (χ0n) is 15.4. The molecule has 29 heavy (non-hydrogen) atoms. The number of nitrogens with one attached hydrogen (secondary N) is 1. The SMILES string of the molecule is O=C(O)C=CC(=O)O.c1cc2c3c(cccc3c1)C(=NCCCn1cncn1)N2. The number of benzene rings is 2. The Morgan fingerprint density at radius 2 is 1.83 bits per heavy atom. The van der Waals surface area contributed by atoms with Crippen LogP contribution >= 0.6 is 0 Å². The summed E-state index contributed by atoms with van der Waals surface area (Å²) in [6, 6.07) is 12.7. The highest BCUT2D eigenvalue weighted by atomic mass is 16.4. The van der Waals surface area contributed by atoms with Crippen LogP contribution in [0.2, 0.25) is 0 Å². The number of aliphatic carboxylic acids is 2. The summed E-state index contributed by atoms with van der Waals surface area (Å²) in [5.74, 6) is -1.54. The predicted octanol–water partition coefficient (Wildman–Crippen LogP) is 2.41. The Balaban J connectivity index is 0.000000258. The summed E-state index contributed by atoms with van der Waals surface area (Å²) in [6.07, 6.45) is 5.35. The lowest BCUT2D eigenvalue weighted by Gasteiger charge is -2.02. The molecule has 1 aromatic heterocycles. The van der Waals surface area contributed by atoms with Crippen LogP contribution in [-0.4, -0.2) is 49.3 Å². The third kappa shape index (κ3) is 5.25. The van der Waals surface area contributed by atoms with Crippen LogP contribution < -0.4 is 5.32 Å². The number of carbonyl (C=O) groups is 2. The average Bonchev–Trinajstić information content (AvgIpc) is 3.34. The molecule has 1 aliphatic heterocycles. The Morgan fingerprint density at radius 3 is 2.48 bits per heavy atom. The second-order valence-electron chi connectivity index (χ2n) is 6.09. The van der Waals surface area contributed by atoms with Crippen molar-refractivity contribution in [1.82, 2.24) is 14.8 Å². The van der Waals surface area contributed by atoms with Crippen LogP contribution in [0, 0.1) is 0 Å². The Hall–Kier alpha value is -4.01. The Labute approximate surface area is 166 Å². The molecule has 3 aromatic rings. The highest BCUT2D eigenvalue weighted by Gasteiger charge is 2.18. The van der Waals surface area contributed by atoms with Crippen molar-refractivity contribution >= 4 is 34.2 Å². The van der Waals surface area contributed by atoms with E-state index in [0.717, 1.165) is 31.0 Å². The smallest absolute Gasteiger partial charge is 0.328 e. The summed E-state index contributed by atoms with van der Waals surface area (Å²) in [5, 5.41) is 25.7. The van der Waals surface area contributed by atoms with Crippen molar-refractivity contribution in [3.05, 3.63) is 66.8 Å². The first-order valence-electron chi connectivity index (χ1n) is 8.84. The number of carboxylic acids is 2. The van der Waals surface area contributed by atoms with E-state index < -0.39 is 11.9 Å². The molecule has 9 nitrogen and oxygen atoms in total. The van der Waals surface area contributed by atoms with E-state index in [1.165, 1.54) is 16.3 Å². The van der Waals surface area contributed by atoms with Gasteiger partial charge in [-0.1, -0.05) is 30.3 Å². The standard InChI is InChI=1S/C16H15N5.C4H4O4/c1-4-12-5-2-7-14-15(12)13(6-1)16(20-14)18-8-3-9-21-11-17-10-19-21;5-3(6)1-2-4(7)8/h1-2,4-7,10-11H,3,8-9H2,(H,18,20);1-2H,(H,5,6)(H,7,8). The van der Waals surface area contributed by atoms with Crippen LogP contribution in [-0.2, 0) is 16.1 Å². The minimum Gasteiger partial charge on any atom is -0.478 e. The molecular formula is C20H19N5O4.